The minimum atomic E-state index is 0.0296. The van der Waals surface area contributed by atoms with Gasteiger partial charge in [0.15, 0.2) is 0 Å². The van der Waals surface area contributed by atoms with E-state index >= 15 is 0 Å². The Kier molecular flexibility index (Phi) is 6.67. The van der Waals surface area contributed by atoms with E-state index in [1.54, 1.807) is 11.3 Å². The molecule has 0 aliphatic carbocycles. The molecule has 4 nitrogen and oxygen atoms in total. The molecule has 1 atom stereocenters. The molecule has 1 aromatic heterocycles. The van der Waals surface area contributed by atoms with Crippen molar-refractivity contribution in [2.24, 2.45) is 0 Å². The quantitative estimate of drug-likeness (QED) is 0.751. The van der Waals surface area contributed by atoms with E-state index in [9.17, 15) is 4.79 Å². The van der Waals surface area contributed by atoms with E-state index in [4.69, 9.17) is 9.47 Å². The third-order valence-corrected chi connectivity index (χ3v) is 4.80. The molecule has 1 unspecified atom stereocenters. The maximum absolute atomic E-state index is 12.0. The number of aryl methyl sites for hydroxylation is 2. The van der Waals surface area contributed by atoms with Crippen LogP contribution >= 0.6 is 11.3 Å². The first-order valence-electron chi connectivity index (χ1n) is 7.77. The smallest absolute Gasteiger partial charge is 0.261 e. The Balaban J connectivity index is 1.58. The number of hydrogen-bond donors (Lipinski definition) is 1. The van der Waals surface area contributed by atoms with Gasteiger partial charge in [0.25, 0.3) is 5.91 Å². The van der Waals surface area contributed by atoms with Crippen LogP contribution in [0.5, 0.6) is 0 Å². The molecule has 118 valence electrons. The highest BCUT2D eigenvalue weighted by molar-refractivity contribution is 7.14. The van der Waals surface area contributed by atoms with Gasteiger partial charge >= 0.3 is 0 Å². The molecule has 2 heterocycles. The lowest BCUT2D eigenvalue weighted by molar-refractivity contribution is 0.0166. The normalized spacial score (nSPS) is 18.1. The standard InChI is InChI=1S/C16H25NO3S/c1-3-13-10-15(21-12(13)2)16(18)17-7-5-8-19-11-14-6-4-9-20-14/h10,14H,3-9,11H2,1-2H3,(H,17,18). The van der Waals surface area contributed by atoms with Crippen molar-refractivity contribution in [1.82, 2.24) is 5.32 Å². The molecule has 0 radical (unpaired) electrons. The van der Waals surface area contributed by atoms with Gasteiger partial charge in [-0.3, -0.25) is 4.79 Å². The largest absolute Gasteiger partial charge is 0.379 e. The van der Waals surface area contributed by atoms with E-state index in [0.717, 1.165) is 37.2 Å². The summed E-state index contributed by atoms with van der Waals surface area (Å²) in [5.41, 5.74) is 1.27. The van der Waals surface area contributed by atoms with Crippen molar-refractivity contribution < 1.29 is 14.3 Å². The molecule has 0 aromatic carbocycles. The number of nitrogens with one attached hydrogen (secondary N) is 1. The van der Waals surface area contributed by atoms with Gasteiger partial charge in [0.2, 0.25) is 0 Å². The van der Waals surface area contributed by atoms with E-state index < -0.39 is 0 Å². The lowest BCUT2D eigenvalue weighted by Crippen LogP contribution is -2.25. The lowest BCUT2D eigenvalue weighted by Gasteiger charge is -2.10. The summed E-state index contributed by atoms with van der Waals surface area (Å²) in [7, 11) is 0. The van der Waals surface area contributed by atoms with Crippen LogP contribution in [0.2, 0.25) is 0 Å². The molecule has 1 saturated heterocycles. The second kappa shape index (κ2) is 8.51. The number of carbonyl (C=O) groups is 1. The molecule has 1 fully saturated rings. The minimum Gasteiger partial charge on any atom is -0.379 e. The highest BCUT2D eigenvalue weighted by Gasteiger charge is 2.15. The maximum atomic E-state index is 12.0. The van der Waals surface area contributed by atoms with Crippen LogP contribution in [-0.2, 0) is 15.9 Å². The highest BCUT2D eigenvalue weighted by atomic mass is 32.1. The second-order valence-corrected chi connectivity index (χ2v) is 6.62. The molecular weight excluding hydrogens is 286 g/mol. The Morgan fingerprint density at radius 1 is 1.57 bits per heavy atom. The summed E-state index contributed by atoms with van der Waals surface area (Å²) in [6.07, 6.45) is 4.34. The predicted molar refractivity (Wildman–Crippen MR) is 85.2 cm³/mol. The summed E-state index contributed by atoms with van der Waals surface area (Å²) in [4.78, 5) is 14.1. The van der Waals surface area contributed by atoms with Gasteiger partial charge in [0, 0.05) is 24.6 Å². The van der Waals surface area contributed by atoms with E-state index in [1.807, 2.05) is 6.07 Å². The van der Waals surface area contributed by atoms with Crippen molar-refractivity contribution in [2.75, 3.05) is 26.4 Å². The van der Waals surface area contributed by atoms with E-state index in [-0.39, 0.29) is 12.0 Å². The summed E-state index contributed by atoms with van der Waals surface area (Å²) in [5, 5.41) is 2.95. The Hall–Kier alpha value is -0.910. The Labute approximate surface area is 130 Å². The zero-order valence-electron chi connectivity index (χ0n) is 12.9. The predicted octanol–water partition coefficient (Wildman–Crippen LogP) is 2.93. The topological polar surface area (TPSA) is 47.6 Å². The first-order valence-corrected chi connectivity index (χ1v) is 8.59. The summed E-state index contributed by atoms with van der Waals surface area (Å²) < 4.78 is 11.1. The first-order chi connectivity index (χ1) is 10.2. The van der Waals surface area contributed by atoms with E-state index in [1.165, 1.54) is 10.4 Å². The van der Waals surface area contributed by atoms with Crippen molar-refractivity contribution in [3.63, 3.8) is 0 Å². The molecule has 1 aromatic rings. The summed E-state index contributed by atoms with van der Waals surface area (Å²) in [5.74, 6) is 0.0296. The van der Waals surface area contributed by atoms with Gasteiger partial charge in [-0.15, -0.1) is 11.3 Å². The highest BCUT2D eigenvalue weighted by Crippen LogP contribution is 2.21. The van der Waals surface area contributed by atoms with Crippen molar-refractivity contribution >= 4 is 17.2 Å². The van der Waals surface area contributed by atoms with Gasteiger partial charge in [-0.2, -0.15) is 0 Å². The molecule has 21 heavy (non-hydrogen) atoms. The van der Waals surface area contributed by atoms with Crippen molar-refractivity contribution in [3.8, 4) is 0 Å². The number of amides is 1. The average molecular weight is 311 g/mol. The van der Waals surface area contributed by atoms with Crippen molar-refractivity contribution in [2.45, 2.75) is 45.6 Å². The summed E-state index contributed by atoms with van der Waals surface area (Å²) in [6, 6.07) is 2.00. The third kappa shape index (κ3) is 5.09. The second-order valence-electron chi connectivity index (χ2n) is 5.37. The molecule has 1 aliphatic rings. The van der Waals surface area contributed by atoms with Crippen LogP contribution in [0.1, 0.15) is 46.3 Å². The van der Waals surface area contributed by atoms with Crippen LogP contribution in [0.4, 0.5) is 0 Å². The number of rotatable bonds is 8. The van der Waals surface area contributed by atoms with Crippen LogP contribution in [0.25, 0.3) is 0 Å². The van der Waals surface area contributed by atoms with E-state index in [2.05, 4.69) is 19.2 Å². The Morgan fingerprint density at radius 3 is 3.10 bits per heavy atom. The van der Waals surface area contributed by atoms with Gasteiger partial charge in [-0.25, -0.2) is 0 Å². The van der Waals surface area contributed by atoms with Crippen LogP contribution in [0, 0.1) is 6.92 Å². The van der Waals surface area contributed by atoms with E-state index in [0.29, 0.717) is 19.8 Å². The van der Waals surface area contributed by atoms with Gasteiger partial charge < -0.3 is 14.8 Å². The van der Waals surface area contributed by atoms with Gasteiger partial charge in [-0.1, -0.05) is 6.92 Å². The fourth-order valence-electron chi connectivity index (χ4n) is 2.44. The number of thiophene rings is 1. The van der Waals surface area contributed by atoms with Crippen LogP contribution in [0.15, 0.2) is 6.07 Å². The Morgan fingerprint density at radius 2 is 2.43 bits per heavy atom. The van der Waals surface area contributed by atoms with Crippen LogP contribution in [0.3, 0.4) is 0 Å². The fraction of sp³-hybridized carbons (Fsp3) is 0.688. The van der Waals surface area contributed by atoms with Gasteiger partial charge in [-0.05, 0) is 44.2 Å². The number of ether oxygens (including phenoxy) is 2. The van der Waals surface area contributed by atoms with Crippen LogP contribution in [-0.4, -0.2) is 38.4 Å². The molecule has 1 aliphatic heterocycles. The molecule has 2 rings (SSSR count). The fourth-order valence-corrected chi connectivity index (χ4v) is 3.47. The first kappa shape index (κ1) is 16.5. The summed E-state index contributed by atoms with van der Waals surface area (Å²) in [6.45, 7) is 7.05. The number of hydrogen-bond acceptors (Lipinski definition) is 4. The monoisotopic (exact) mass is 311 g/mol. The average Bonchev–Trinajstić information content (AvgIpc) is 3.11. The van der Waals surface area contributed by atoms with Crippen LogP contribution < -0.4 is 5.32 Å². The number of carbonyl (C=O) groups excluding carboxylic acids is 1. The molecular formula is C16H25NO3S. The molecule has 0 bridgehead atoms. The zero-order valence-corrected chi connectivity index (χ0v) is 13.8. The maximum Gasteiger partial charge on any atom is 0.261 e. The van der Waals surface area contributed by atoms with Crippen molar-refractivity contribution in [3.05, 3.63) is 21.4 Å². The third-order valence-electron chi connectivity index (χ3n) is 3.70. The zero-order chi connectivity index (χ0) is 15.1. The molecule has 0 spiro atoms. The molecule has 1 amide bonds. The van der Waals surface area contributed by atoms with Gasteiger partial charge in [0.05, 0.1) is 17.6 Å². The molecule has 5 heteroatoms. The summed E-state index contributed by atoms with van der Waals surface area (Å²) >= 11 is 1.57. The van der Waals surface area contributed by atoms with Gasteiger partial charge in [0.1, 0.15) is 0 Å². The molecule has 0 saturated carbocycles. The lowest BCUT2D eigenvalue weighted by atomic mass is 10.2. The minimum absolute atomic E-state index is 0.0296. The van der Waals surface area contributed by atoms with Crippen molar-refractivity contribution in [1.29, 1.82) is 0 Å². The SMILES string of the molecule is CCc1cc(C(=O)NCCCOCC2CCCO2)sc1C. The molecule has 1 N–H and O–H groups in total. The Bertz CT molecular complexity index is 452.